The van der Waals surface area contributed by atoms with Gasteiger partial charge in [0.2, 0.25) is 5.91 Å². The summed E-state index contributed by atoms with van der Waals surface area (Å²) in [7, 11) is 0. The maximum Gasteiger partial charge on any atom is 0.286 e. The van der Waals surface area contributed by atoms with Crippen molar-refractivity contribution in [3.8, 4) is 0 Å². The second-order valence-electron chi connectivity index (χ2n) is 3.31. The van der Waals surface area contributed by atoms with Crippen LogP contribution in [0.3, 0.4) is 0 Å². The molecule has 0 fully saturated rings. The highest BCUT2D eigenvalue weighted by atomic mass is 79.9. The summed E-state index contributed by atoms with van der Waals surface area (Å²) in [4.78, 5) is 32.9. The number of hydrogen-bond donors (Lipinski definition) is 2. The summed E-state index contributed by atoms with van der Waals surface area (Å²) in [5, 5.41) is 21.5. The lowest BCUT2D eigenvalue weighted by Gasteiger charge is -2.06. The number of rotatable bonds is 5. The van der Waals surface area contributed by atoms with Gasteiger partial charge in [0, 0.05) is 12.6 Å². The minimum absolute atomic E-state index is 0.00616. The molecule has 1 amide bonds. The van der Waals surface area contributed by atoms with Crippen molar-refractivity contribution in [1.82, 2.24) is 9.88 Å². The summed E-state index contributed by atoms with van der Waals surface area (Å²) in [6.07, 6.45) is 0.992. The molecule has 0 spiro atoms. The van der Waals surface area contributed by atoms with Crippen molar-refractivity contribution in [3.63, 3.8) is 0 Å². The molecule has 0 saturated heterocycles. The van der Waals surface area contributed by atoms with Crippen LogP contribution in [-0.2, 0) is 11.3 Å². The average Bonchev–Trinajstić information content (AvgIpc) is 2.31. The summed E-state index contributed by atoms with van der Waals surface area (Å²) >= 11 is 2.90. The molecule has 0 aliphatic carbocycles. The summed E-state index contributed by atoms with van der Waals surface area (Å²) < 4.78 is 0.932. The topological polar surface area (TPSA) is 114 Å². The molecule has 0 aromatic carbocycles. The SMILES string of the molecule is O=C(Cn1cc([N+](=O)[O-])cc(Br)c1=O)NCCO. The third-order valence-corrected chi connectivity index (χ3v) is 2.55. The zero-order valence-corrected chi connectivity index (χ0v) is 10.7. The molecule has 0 aliphatic rings. The number of nitrogens with one attached hydrogen (secondary N) is 1. The number of halogens is 1. The Labute approximate surface area is 110 Å². The Morgan fingerprint density at radius 1 is 1.61 bits per heavy atom. The third-order valence-electron chi connectivity index (χ3n) is 1.99. The zero-order valence-electron chi connectivity index (χ0n) is 9.13. The Balaban J connectivity index is 2.98. The van der Waals surface area contributed by atoms with Crippen LogP contribution in [0.1, 0.15) is 0 Å². The molecule has 0 atom stereocenters. The van der Waals surface area contributed by atoms with Crippen molar-refractivity contribution in [3.05, 3.63) is 37.2 Å². The fraction of sp³-hybridized carbons (Fsp3) is 0.333. The Bertz CT molecular complexity index is 527. The molecule has 9 heteroatoms. The Kier molecular flexibility index (Phi) is 4.98. The number of carbonyl (C=O) groups excluding carboxylic acids is 1. The molecule has 0 radical (unpaired) electrons. The maximum absolute atomic E-state index is 11.6. The summed E-state index contributed by atoms with van der Waals surface area (Å²) in [6, 6.07) is 1.07. The number of nitrogens with zero attached hydrogens (tertiary/aromatic N) is 2. The predicted octanol–water partition coefficient (Wildman–Crippen LogP) is -0.372. The van der Waals surface area contributed by atoms with Crippen molar-refractivity contribution in [2.24, 2.45) is 0 Å². The molecule has 0 saturated carbocycles. The number of aliphatic hydroxyl groups is 1. The van der Waals surface area contributed by atoms with E-state index in [9.17, 15) is 19.7 Å². The van der Waals surface area contributed by atoms with E-state index in [0.29, 0.717) is 0 Å². The fourth-order valence-corrected chi connectivity index (χ4v) is 1.67. The third kappa shape index (κ3) is 3.64. The first-order valence-electron chi connectivity index (χ1n) is 4.87. The van der Waals surface area contributed by atoms with Gasteiger partial charge in [-0.25, -0.2) is 0 Å². The normalized spacial score (nSPS) is 10.1. The Hall–Kier alpha value is -1.74. The molecule has 1 aromatic rings. The van der Waals surface area contributed by atoms with E-state index in [4.69, 9.17) is 5.11 Å². The first-order chi connectivity index (χ1) is 8.45. The van der Waals surface area contributed by atoms with Gasteiger partial charge < -0.3 is 10.4 Å². The van der Waals surface area contributed by atoms with Crippen LogP contribution in [0.4, 0.5) is 5.69 Å². The molecule has 2 N–H and O–H groups in total. The largest absolute Gasteiger partial charge is 0.395 e. The van der Waals surface area contributed by atoms with Gasteiger partial charge in [-0.2, -0.15) is 0 Å². The second kappa shape index (κ2) is 6.26. The van der Waals surface area contributed by atoms with E-state index < -0.39 is 16.4 Å². The lowest BCUT2D eigenvalue weighted by Crippen LogP contribution is -2.33. The number of aromatic nitrogens is 1. The summed E-state index contributed by atoms with van der Waals surface area (Å²) in [5.41, 5.74) is -0.837. The van der Waals surface area contributed by atoms with Gasteiger partial charge >= 0.3 is 0 Å². The molecular formula is C9H10BrN3O5. The fourth-order valence-electron chi connectivity index (χ4n) is 1.21. The lowest BCUT2D eigenvalue weighted by molar-refractivity contribution is -0.385. The van der Waals surface area contributed by atoms with Crippen molar-refractivity contribution < 1.29 is 14.8 Å². The van der Waals surface area contributed by atoms with E-state index in [1.54, 1.807) is 0 Å². The molecule has 0 unspecified atom stereocenters. The van der Waals surface area contributed by atoms with E-state index >= 15 is 0 Å². The molecule has 8 nitrogen and oxygen atoms in total. The molecule has 18 heavy (non-hydrogen) atoms. The van der Waals surface area contributed by atoms with Crippen molar-refractivity contribution in [2.75, 3.05) is 13.2 Å². The van der Waals surface area contributed by atoms with Gasteiger partial charge in [0.05, 0.1) is 22.2 Å². The highest BCUT2D eigenvalue weighted by Crippen LogP contribution is 2.13. The van der Waals surface area contributed by atoms with Gasteiger partial charge in [-0.3, -0.25) is 24.3 Å². The number of nitro groups is 1. The van der Waals surface area contributed by atoms with Crippen LogP contribution in [0.25, 0.3) is 0 Å². The average molecular weight is 320 g/mol. The quantitative estimate of drug-likeness (QED) is 0.567. The van der Waals surface area contributed by atoms with Gasteiger partial charge in [-0.1, -0.05) is 0 Å². The van der Waals surface area contributed by atoms with E-state index in [1.165, 1.54) is 0 Å². The molecule has 0 aliphatic heterocycles. The smallest absolute Gasteiger partial charge is 0.286 e. The molecular weight excluding hydrogens is 310 g/mol. The van der Waals surface area contributed by atoms with Gasteiger partial charge in [0.25, 0.3) is 11.2 Å². The standard InChI is InChI=1S/C9H10BrN3O5/c10-7-3-6(13(17)18)4-12(9(7)16)5-8(15)11-1-2-14/h3-4,14H,1-2,5H2,(H,11,15). The monoisotopic (exact) mass is 319 g/mol. The van der Waals surface area contributed by atoms with Gasteiger partial charge in [-0.15, -0.1) is 0 Å². The van der Waals surface area contributed by atoms with E-state index in [2.05, 4.69) is 21.2 Å². The number of pyridine rings is 1. The van der Waals surface area contributed by atoms with Crippen LogP contribution in [0.15, 0.2) is 21.5 Å². The van der Waals surface area contributed by atoms with Crippen LogP contribution in [0.2, 0.25) is 0 Å². The van der Waals surface area contributed by atoms with Crippen molar-refractivity contribution in [2.45, 2.75) is 6.54 Å². The highest BCUT2D eigenvalue weighted by molar-refractivity contribution is 9.10. The minimum atomic E-state index is -0.660. The van der Waals surface area contributed by atoms with Crippen LogP contribution >= 0.6 is 15.9 Å². The first-order valence-corrected chi connectivity index (χ1v) is 5.67. The molecule has 1 aromatic heterocycles. The van der Waals surface area contributed by atoms with Crippen LogP contribution in [0, 0.1) is 10.1 Å². The lowest BCUT2D eigenvalue weighted by atomic mass is 10.4. The van der Waals surface area contributed by atoms with E-state index in [1.807, 2.05) is 0 Å². The van der Waals surface area contributed by atoms with E-state index in [-0.39, 0.29) is 29.9 Å². The van der Waals surface area contributed by atoms with Crippen molar-refractivity contribution >= 4 is 27.5 Å². The van der Waals surface area contributed by atoms with Crippen LogP contribution < -0.4 is 10.9 Å². The number of hydrogen-bond acceptors (Lipinski definition) is 5. The second-order valence-corrected chi connectivity index (χ2v) is 4.16. The Morgan fingerprint density at radius 2 is 2.28 bits per heavy atom. The number of amides is 1. The highest BCUT2D eigenvalue weighted by Gasteiger charge is 2.13. The van der Waals surface area contributed by atoms with Crippen LogP contribution in [-0.4, -0.2) is 33.7 Å². The first kappa shape index (κ1) is 14.3. The molecule has 1 rings (SSSR count). The summed E-state index contributed by atoms with van der Waals surface area (Å²) in [6.45, 7) is -0.512. The maximum atomic E-state index is 11.6. The number of carbonyl (C=O) groups is 1. The predicted molar refractivity (Wildman–Crippen MR) is 65.2 cm³/mol. The molecule has 1 heterocycles. The molecule has 0 bridgehead atoms. The van der Waals surface area contributed by atoms with Gasteiger partial charge in [0.1, 0.15) is 6.54 Å². The van der Waals surface area contributed by atoms with Crippen molar-refractivity contribution in [1.29, 1.82) is 0 Å². The minimum Gasteiger partial charge on any atom is -0.395 e. The van der Waals surface area contributed by atoms with Gasteiger partial charge in [0.15, 0.2) is 0 Å². The molecule has 98 valence electrons. The Morgan fingerprint density at radius 3 is 2.83 bits per heavy atom. The van der Waals surface area contributed by atoms with E-state index in [0.717, 1.165) is 16.8 Å². The number of aliphatic hydroxyl groups excluding tert-OH is 1. The van der Waals surface area contributed by atoms with Gasteiger partial charge in [-0.05, 0) is 15.9 Å². The zero-order chi connectivity index (χ0) is 13.7. The van der Waals surface area contributed by atoms with Crippen LogP contribution in [0.5, 0.6) is 0 Å². The summed E-state index contributed by atoms with van der Waals surface area (Å²) in [5.74, 6) is -0.515.